The number of hydrogen-bond donors (Lipinski definition) is 2. The lowest BCUT2D eigenvalue weighted by molar-refractivity contribution is -0.139. The normalized spacial score (nSPS) is 11.3. The van der Waals surface area contributed by atoms with Gasteiger partial charge in [-0.25, -0.2) is 9.59 Å². The molecule has 0 radical (unpaired) electrons. The van der Waals surface area contributed by atoms with Crippen molar-refractivity contribution in [3.05, 3.63) is 66.3 Å². The van der Waals surface area contributed by atoms with Gasteiger partial charge in [-0.1, -0.05) is 181 Å². The number of esters is 2. The molecule has 0 aromatic heterocycles. The summed E-state index contributed by atoms with van der Waals surface area (Å²) in [4.78, 5) is 36.6. The number of rotatable bonds is 45. The van der Waals surface area contributed by atoms with Gasteiger partial charge in [-0.2, -0.15) is 8.42 Å². The molecule has 0 aliphatic heterocycles. The van der Waals surface area contributed by atoms with Crippen molar-refractivity contribution >= 4 is 33.7 Å². The average Bonchev–Trinajstić information content (AvgIpc) is 3.33. The van der Waals surface area contributed by atoms with E-state index in [-0.39, 0.29) is 16.8 Å². The van der Waals surface area contributed by atoms with Crippen molar-refractivity contribution < 1.29 is 51.0 Å². The van der Waals surface area contributed by atoms with Gasteiger partial charge >= 0.3 is 11.9 Å². The van der Waals surface area contributed by atoms with Gasteiger partial charge in [0.25, 0.3) is 16.0 Å². The Morgan fingerprint density at radius 2 is 0.800 bits per heavy atom. The highest BCUT2D eigenvalue weighted by Gasteiger charge is 2.20. The molecule has 0 aliphatic carbocycles. The number of carbonyl (C=O) groups is 3. The molecule has 0 atom stereocenters. The van der Waals surface area contributed by atoms with E-state index in [0.29, 0.717) is 72.7 Å². The first-order chi connectivity index (χ1) is 33.8. The number of benzene rings is 2. The van der Waals surface area contributed by atoms with Gasteiger partial charge in [-0.15, -0.1) is 0 Å². The zero-order valence-electron chi connectivity index (χ0n) is 43.6. The summed E-state index contributed by atoms with van der Waals surface area (Å²) in [6.07, 6.45) is 33.6. The lowest BCUT2D eigenvalue weighted by Crippen LogP contribution is -2.14. The van der Waals surface area contributed by atoms with Crippen molar-refractivity contribution in [3.63, 3.8) is 0 Å². The first kappa shape index (κ1) is 61.8. The lowest BCUT2D eigenvalue weighted by atomic mass is 10.1. The molecule has 396 valence electrons. The summed E-state index contributed by atoms with van der Waals surface area (Å²) in [6, 6.07) is 8.74. The van der Waals surface area contributed by atoms with Gasteiger partial charge in [0.2, 0.25) is 5.75 Å². The Balaban J connectivity index is 2.02. The molecule has 0 saturated heterocycles. The predicted octanol–water partition coefficient (Wildman–Crippen LogP) is 15.3. The second-order valence-corrected chi connectivity index (χ2v) is 20.3. The standard InChI is InChI=1S/C57H91NO11S/c1-6-7-8-9-10-11-16-23-28-33-42-67-54-52(65-40-31-26-21-17-12-14-19-24-29-34-43-68-56(60)47(2)3)45-49(55(59)58-50-36-38-51(39-37-50)70(62,63)64)46-53(54)66-41-32-27-22-18-13-15-20-25-30-35-44-69-57(61)48(4)5/h36-39,45-46H,2,4,6-35,40-44H2,1,3,5H3,(H,58,59)(H,62,63,64). The number of ether oxygens (including phenoxy) is 5. The molecule has 0 heterocycles. The van der Waals surface area contributed by atoms with Crippen molar-refractivity contribution in [2.24, 2.45) is 0 Å². The van der Waals surface area contributed by atoms with Crippen LogP contribution in [0.5, 0.6) is 17.2 Å². The lowest BCUT2D eigenvalue weighted by Gasteiger charge is -2.19. The monoisotopic (exact) mass is 998 g/mol. The van der Waals surface area contributed by atoms with Gasteiger partial charge in [0.1, 0.15) is 0 Å². The van der Waals surface area contributed by atoms with E-state index in [0.717, 1.165) is 109 Å². The van der Waals surface area contributed by atoms with E-state index >= 15 is 0 Å². The summed E-state index contributed by atoms with van der Waals surface area (Å²) < 4.78 is 62.4. The number of carbonyl (C=O) groups excluding carboxylic acids is 3. The maximum atomic E-state index is 13.8. The summed E-state index contributed by atoms with van der Waals surface area (Å²) in [6.45, 7) is 15.1. The molecule has 0 saturated carbocycles. The number of nitrogens with one attached hydrogen (secondary N) is 1. The molecule has 0 unspecified atom stereocenters. The molecule has 2 N–H and O–H groups in total. The van der Waals surface area contributed by atoms with Crippen LogP contribution in [0.2, 0.25) is 0 Å². The van der Waals surface area contributed by atoms with Crippen LogP contribution in [0.4, 0.5) is 5.69 Å². The van der Waals surface area contributed by atoms with E-state index in [1.807, 2.05) is 0 Å². The third kappa shape index (κ3) is 30.4. The predicted molar refractivity (Wildman–Crippen MR) is 283 cm³/mol. The summed E-state index contributed by atoms with van der Waals surface area (Å²) in [5.74, 6) is 0.364. The Morgan fingerprint density at radius 3 is 1.13 bits per heavy atom. The van der Waals surface area contributed by atoms with Crippen LogP contribution in [0, 0.1) is 0 Å². The van der Waals surface area contributed by atoms with Crippen molar-refractivity contribution in [2.75, 3.05) is 38.4 Å². The zero-order chi connectivity index (χ0) is 51.1. The molecular formula is C57H91NO11S. The molecular weight excluding hydrogens is 907 g/mol. The molecule has 1 amide bonds. The van der Waals surface area contributed by atoms with Gasteiger partial charge in [-0.3, -0.25) is 9.35 Å². The Bertz CT molecular complexity index is 1800. The summed E-state index contributed by atoms with van der Waals surface area (Å²) in [7, 11) is -4.38. The minimum Gasteiger partial charge on any atom is -0.490 e. The second kappa shape index (κ2) is 39.3. The summed E-state index contributed by atoms with van der Waals surface area (Å²) in [5, 5.41) is 2.84. The molecule has 0 spiro atoms. The minimum atomic E-state index is -4.38. The number of unbranched alkanes of at least 4 members (excludes halogenated alkanes) is 27. The SMILES string of the molecule is C=C(C)C(=O)OCCCCCCCCCCCCOc1cc(C(=O)Nc2ccc(S(=O)(=O)O)cc2)cc(OCCCCCCCCCCCCOC(=O)C(=C)C)c1OCCCCCCCCCCCC. The summed E-state index contributed by atoms with van der Waals surface area (Å²) >= 11 is 0. The van der Waals surface area contributed by atoms with Crippen molar-refractivity contribution in [3.8, 4) is 17.2 Å². The van der Waals surface area contributed by atoms with Gasteiger partial charge in [0.15, 0.2) is 11.5 Å². The van der Waals surface area contributed by atoms with Gasteiger partial charge in [0.05, 0.1) is 37.9 Å². The molecule has 70 heavy (non-hydrogen) atoms. The highest BCUT2D eigenvalue weighted by Crippen LogP contribution is 2.40. The molecule has 2 aromatic rings. The van der Waals surface area contributed by atoms with Crippen molar-refractivity contribution in [1.82, 2.24) is 0 Å². The fraction of sp³-hybridized carbons (Fsp3) is 0.667. The van der Waals surface area contributed by atoms with Crippen molar-refractivity contribution in [1.29, 1.82) is 0 Å². The van der Waals surface area contributed by atoms with Crippen LogP contribution in [0.1, 0.15) is 224 Å². The maximum absolute atomic E-state index is 13.8. The second-order valence-electron chi connectivity index (χ2n) is 18.9. The van der Waals surface area contributed by atoms with E-state index in [9.17, 15) is 27.4 Å². The van der Waals surface area contributed by atoms with Crippen LogP contribution < -0.4 is 19.5 Å². The Hall–Kier alpha value is -4.36. The Kier molecular flexibility index (Phi) is 34.7. The Morgan fingerprint density at radius 1 is 0.486 bits per heavy atom. The van der Waals surface area contributed by atoms with E-state index in [1.54, 1.807) is 26.0 Å². The zero-order valence-corrected chi connectivity index (χ0v) is 44.4. The number of anilines is 1. The number of hydrogen-bond acceptors (Lipinski definition) is 10. The third-order valence-corrected chi connectivity index (χ3v) is 13.1. The fourth-order valence-electron chi connectivity index (χ4n) is 7.92. The summed E-state index contributed by atoms with van der Waals surface area (Å²) in [5.41, 5.74) is 1.55. The van der Waals surface area contributed by atoms with Gasteiger partial charge in [0, 0.05) is 22.4 Å². The topological polar surface area (TPSA) is 164 Å². The quantitative estimate of drug-likeness (QED) is 0.0281. The van der Waals surface area contributed by atoms with Crippen LogP contribution >= 0.6 is 0 Å². The van der Waals surface area contributed by atoms with Crippen LogP contribution in [0.15, 0.2) is 65.6 Å². The largest absolute Gasteiger partial charge is 0.490 e. The molecule has 0 bridgehead atoms. The van der Waals surface area contributed by atoms with Gasteiger partial charge < -0.3 is 29.0 Å². The van der Waals surface area contributed by atoms with E-state index < -0.39 is 16.0 Å². The highest BCUT2D eigenvalue weighted by atomic mass is 32.2. The van der Waals surface area contributed by atoms with Gasteiger partial charge in [-0.05, 0) is 82.3 Å². The van der Waals surface area contributed by atoms with Crippen molar-refractivity contribution in [2.45, 2.75) is 218 Å². The molecule has 2 aromatic carbocycles. The first-order valence-corrected chi connectivity index (χ1v) is 28.4. The van der Waals surface area contributed by atoms with E-state index in [1.165, 1.54) is 108 Å². The Labute approximate surface area is 423 Å². The van der Waals surface area contributed by atoms with E-state index in [2.05, 4.69) is 25.4 Å². The smallest absolute Gasteiger partial charge is 0.333 e. The number of amides is 1. The average molecular weight is 998 g/mol. The maximum Gasteiger partial charge on any atom is 0.333 e. The minimum absolute atomic E-state index is 0.263. The van der Waals surface area contributed by atoms with Crippen LogP contribution in [-0.2, 0) is 29.2 Å². The van der Waals surface area contributed by atoms with E-state index in [4.69, 9.17) is 23.7 Å². The highest BCUT2D eigenvalue weighted by molar-refractivity contribution is 7.85. The molecule has 0 fully saturated rings. The van der Waals surface area contributed by atoms with Crippen LogP contribution in [0.25, 0.3) is 0 Å². The molecule has 12 nitrogen and oxygen atoms in total. The molecule has 0 aliphatic rings. The molecule has 2 rings (SSSR count). The third-order valence-electron chi connectivity index (χ3n) is 12.2. The fourth-order valence-corrected chi connectivity index (χ4v) is 8.40. The van der Waals surface area contributed by atoms with Crippen LogP contribution in [-0.4, -0.2) is 63.9 Å². The molecule has 13 heteroatoms. The first-order valence-electron chi connectivity index (χ1n) is 26.9. The van der Waals surface area contributed by atoms with Crippen LogP contribution in [0.3, 0.4) is 0 Å².